The Kier molecular flexibility index (Phi) is 5.88. The van der Waals surface area contributed by atoms with E-state index in [9.17, 15) is 9.59 Å². The summed E-state index contributed by atoms with van der Waals surface area (Å²) >= 11 is 0. The molecule has 2 aliphatic heterocycles. The Morgan fingerprint density at radius 1 is 0.912 bits per heavy atom. The Balaban J connectivity index is 1.40. The molecule has 0 bridgehead atoms. The Hall–Kier alpha value is -3.93. The SMILES string of the molecule is NC1=NC(c2ccccc2)(c2ccccc2)C(=O)N1C[C@H]1CCCN(C(=O)c2ccccc2)C1. The van der Waals surface area contributed by atoms with Crippen molar-refractivity contribution in [2.45, 2.75) is 18.4 Å². The van der Waals surface area contributed by atoms with Gasteiger partial charge in [-0.2, -0.15) is 0 Å². The molecule has 2 amide bonds. The number of amides is 2. The van der Waals surface area contributed by atoms with Crippen molar-refractivity contribution in [3.8, 4) is 0 Å². The minimum absolute atomic E-state index is 0.0302. The van der Waals surface area contributed by atoms with Crippen molar-refractivity contribution < 1.29 is 9.59 Å². The van der Waals surface area contributed by atoms with E-state index in [-0.39, 0.29) is 23.7 Å². The molecule has 5 rings (SSSR count). The number of carbonyl (C=O) groups is 2. The molecule has 0 spiro atoms. The lowest BCUT2D eigenvalue weighted by Crippen LogP contribution is -2.49. The number of hydrogen-bond acceptors (Lipinski definition) is 4. The summed E-state index contributed by atoms with van der Waals surface area (Å²) in [5, 5.41) is 0. The summed E-state index contributed by atoms with van der Waals surface area (Å²) in [5.74, 6) is 0.238. The molecule has 6 heteroatoms. The van der Waals surface area contributed by atoms with E-state index in [2.05, 4.69) is 0 Å². The standard InChI is InChI=1S/C28H28N4O2/c29-27-30-28(23-14-6-2-7-15-23,24-16-8-3-9-17-24)26(34)32(27)20-21-11-10-18-31(19-21)25(33)22-12-4-1-5-13-22/h1-9,12-17,21H,10-11,18-20H2,(H2,29,30)/t21-/m0/s1. The molecule has 0 unspecified atom stereocenters. The number of guanidine groups is 1. The number of nitrogens with zero attached hydrogens (tertiary/aromatic N) is 3. The molecule has 1 atom stereocenters. The van der Waals surface area contributed by atoms with Crippen LogP contribution in [0.25, 0.3) is 0 Å². The van der Waals surface area contributed by atoms with Gasteiger partial charge < -0.3 is 10.6 Å². The van der Waals surface area contributed by atoms with E-state index in [1.54, 1.807) is 4.90 Å². The van der Waals surface area contributed by atoms with Gasteiger partial charge in [-0.1, -0.05) is 78.9 Å². The topological polar surface area (TPSA) is 79.0 Å². The molecule has 172 valence electrons. The fourth-order valence-electron chi connectivity index (χ4n) is 5.08. The largest absolute Gasteiger partial charge is 0.369 e. The number of likely N-dealkylation sites (tertiary alicyclic amines) is 1. The van der Waals surface area contributed by atoms with Crippen LogP contribution in [0.2, 0.25) is 0 Å². The highest BCUT2D eigenvalue weighted by Crippen LogP contribution is 2.40. The van der Waals surface area contributed by atoms with E-state index in [1.165, 1.54) is 0 Å². The average molecular weight is 453 g/mol. The first-order valence-corrected chi connectivity index (χ1v) is 11.7. The van der Waals surface area contributed by atoms with Crippen LogP contribution in [0.15, 0.2) is 96.0 Å². The second kappa shape index (κ2) is 9.14. The second-order valence-corrected chi connectivity index (χ2v) is 8.95. The summed E-state index contributed by atoms with van der Waals surface area (Å²) in [6.07, 6.45) is 1.82. The van der Waals surface area contributed by atoms with Gasteiger partial charge in [0, 0.05) is 25.2 Å². The first-order chi connectivity index (χ1) is 16.6. The zero-order valence-corrected chi connectivity index (χ0v) is 19.0. The van der Waals surface area contributed by atoms with Gasteiger partial charge in [-0.3, -0.25) is 14.5 Å². The molecule has 0 radical (unpaired) electrons. The third kappa shape index (κ3) is 3.85. The Bertz CT molecular complexity index is 1160. The van der Waals surface area contributed by atoms with Gasteiger partial charge in [0.15, 0.2) is 11.5 Å². The van der Waals surface area contributed by atoms with Crippen molar-refractivity contribution in [1.82, 2.24) is 9.80 Å². The van der Waals surface area contributed by atoms with Gasteiger partial charge in [0.2, 0.25) is 0 Å². The molecule has 0 aromatic heterocycles. The van der Waals surface area contributed by atoms with Crippen LogP contribution in [0.5, 0.6) is 0 Å². The number of hydrogen-bond donors (Lipinski definition) is 1. The first kappa shape index (κ1) is 21.9. The number of rotatable bonds is 5. The third-order valence-electron chi connectivity index (χ3n) is 6.76. The Morgan fingerprint density at radius 3 is 2.06 bits per heavy atom. The van der Waals surface area contributed by atoms with Crippen LogP contribution >= 0.6 is 0 Å². The minimum Gasteiger partial charge on any atom is -0.369 e. The zero-order chi connectivity index (χ0) is 23.5. The lowest BCUT2D eigenvalue weighted by atomic mass is 9.82. The van der Waals surface area contributed by atoms with Crippen molar-refractivity contribution in [1.29, 1.82) is 0 Å². The van der Waals surface area contributed by atoms with Crippen LogP contribution < -0.4 is 5.73 Å². The molecule has 3 aromatic rings. The van der Waals surface area contributed by atoms with Crippen LogP contribution in [0.4, 0.5) is 0 Å². The van der Waals surface area contributed by atoms with Crippen LogP contribution in [0.1, 0.15) is 34.3 Å². The lowest BCUT2D eigenvalue weighted by molar-refractivity contribution is -0.130. The number of aliphatic imine (C=N–C) groups is 1. The summed E-state index contributed by atoms with van der Waals surface area (Å²) in [6, 6.07) is 28.5. The van der Waals surface area contributed by atoms with Crippen LogP contribution in [0, 0.1) is 5.92 Å². The van der Waals surface area contributed by atoms with Crippen LogP contribution in [-0.4, -0.2) is 47.2 Å². The van der Waals surface area contributed by atoms with E-state index >= 15 is 0 Å². The molecule has 2 heterocycles. The number of benzene rings is 3. The highest BCUT2D eigenvalue weighted by atomic mass is 16.2. The predicted octanol–water partition coefficient (Wildman–Crippen LogP) is 3.64. The normalized spacial score (nSPS) is 19.7. The van der Waals surface area contributed by atoms with Crippen molar-refractivity contribution in [3.05, 3.63) is 108 Å². The second-order valence-electron chi connectivity index (χ2n) is 8.95. The maximum absolute atomic E-state index is 14.0. The highest BCUT2D eigenvalue weighted by Gasteiger charge is 2.51. The predicted molar refractivity (Wildman–Crippen MR) is 132 cm³/mol. The van der Waals surface area contributed by atoms with Gasteiger partial charge >= 0.3 is 0 Å². The number of nitrogens with two attached hydrogens (primary N) is 1. The first-order valence-electron chi connectivity index (χ1n) is 11.7. The molecule has 3 aromatic carbocycles. The summed E-state index contributed by atoms with van der Waals surface area (Å²) in [6.45, 7) is 1.75. The number of piperidine rings is 1. The van der Waals surface area contributed by atoms with Gasteiger partial charge in [-0.15, -0.1) is 0 Å². The van der Waals surface area contributed by atoms with Crippen LogP contribution in [0.3, 0.4) is 0 Å². The highest BCUT2D eigenvalue weighted by molar-refractivity contribution is 6.09. The fourth-order valence-corrected chi connectivity index (χ4v) is 5.08. The summed E-state index contributed by atoms with van der Waals surface area (Å²) in [4.78, 5) is 35.3. The van der Waals surface area contributed by atoms with Crippen molar-refractivity contribution in [3.63, 3.8) is 0 Å². The molecule has 1 fully saturated rings. The van der Waals surface area contributed by atoms with Crippen molar-refractivity contribution >= 4 is 17.8 Å². The summed E-state index contributed by atoms with van der Waals surface area (Å²) in [5.41, 5.74) is 7.48. The molecule has 34 heavy (non-hydrogen) atoms. The molecular weight excluding hydrogens is 424 g/mol. The Labute approximate surface area is 199 Å². The maximum atomic E-state index is 14.0. The van der Waals surface area contributed by atoms with Crippen molar-refractivity contribution in [2.24, 2.45) is 16.6 Å². The van der Waals surface area contributed by atoms with E-state index in [4.69, 9.17) is 10.7 Å². The third-order valence-corrected chi connectivity index (χ3v) is 6.76. The van der Waals surface area contributed by atoms with Gasteiger partial charge in [-0.05, 0) is 42.0 Å². The molecule has 0 saturated carbocycles. The summed E-state index contributed by atoms with van der Waals surface area (Å²) in [7, 11) is 0. The Morgan fingerprint density at radius 2 is 1.47 bits per heavy atom. The van der Waals surface area contributed by atoms with Crippen molar-refractivity contribution in [2.75, 3.05) is 19.6 Å². The molecule has 0 aliphatic carbocycles. The van der Waals surface area contributed by atoms with E-state index in [0.29, 0.717) is 18.7 Å². The molecular formula is C28H28N4O2. The smallest absolute Gasteiger partial charge is 0.266 e. The quantitative estimate of drug-likeness (QED) is 0.642. The molecule has 2 aliphatic rings. The van der Waals surface area contributed by atoms with E-state index in [0.717, 1.165) is 30.5 Å². The molecule has 1 saturated heterocycles. The van der Waals surface area contributed by atoms with Gasteiger partial charge in [0.05, 0.1) is 0 Å². The monoisotopic (exact) mass is 452 g/mol. The van der Waals surface area contributed by atoms with Gasteiger partial charge in [0.25, 0.3) is 11.8 Å². The van der Waals surface area contributed by atoms with Gasteiger partial charge in [-0.25, -0.2) is 4.99 Å². The zero-order valence-electron chi connectivity index (χ0n) is 19.0. The van der Waals surface area contributed by atoms with Gasteiger partial charge in [0.1, 0.15) is 0 Å². The molecule has 2 N–H and O–H groups in total. The summed E-state index contributed by atoms with van der Waals surface area (Å²) < 4.78 is 0. The maximum Gasteiger partial charge on any atom is 0.266 e. The minimum atomic E-state index is -1.19. The lowest BCUT2D eigenvalue weighted by Gasteiger charge is -2.35. The number of carbonyl (C=O) groups excluding carboxylic acids is 2. The van der Waals surface area contributed by atoms with Crippen LogP contribution in [-0.2, 0) is 10.3 Å². The fraction of sp³-hybridized carbons (Fsp3) is 0.250. The van der Waals surface area contributed by atoms with E-state index in [1.807, 2.05) is 95.9 Å². The van der Waals surface area contributed by atoms with E-state index < -0.39 is 5.54 Å². The molecule has 6 nitrogen and oxygen atoms in total. The average Bonchev–Trinajstić information content (AvgIpc) is 3.15.